The van der Waals surface area contributed by atoms with Gasteiger partial charge in [0.1, 0.15) is 18.1 Å². The van der Waals surface area contributed by atoms with E-state index in [1.165, 1.54) is 5.56 Å². The Labute approximate surface area is 109 Å². The third kappa shape index (κ3) is 3.57. The van der Waals surface area contributed by atoms with E-state index in [1.807, 2.05) is 7.05 Å². The maximum Gasteiger partial charge on any atom is 0.130 e. The molecule has 4 heteroatoms. The second-order valence-electron chi connectivity index (χ2n) is 5.16. The minimum Gasteiger partial charge on any atom is -0.462 e. The number of furan rings is 1. The van der Waals surface area contributed by atoms with Gasteiger partial charge in [-0.2, -0.15) is 0 Å². The highest BCUT2D eigenvalue weighted by molar-refractivity contribution is 5.19. The highest BCUT2D eigenvalue weighted by Gasteiger charge is 2.17. The van der Waals surface area contributed by atoms with E-state index in [-0.39, 0.29) is 0 Å². The Bertz CT molecular complexity index is 368. The molecule has 0 bridgehead atoms. The molecule has 1 aliphatic heterocycles. The van der Waals surface area contributed by atoms with Gasteiger partial charge in [-0.05, 0) is 45.5 Å². The summed E-state index contributed by atoms with van der Waals surface area (Å²) < 4.78 is 11.7. The van der Waals surface area contributed by atoms with E-state index in [2.05, 4.69) is 30.3 Å². The van der Waals surface area contributed by atoms with Gasteiger partial charge >= 0.3 is 0 Å². The molecule has 2 rings (SSSR count). The van der Waals surface area contributed by atoms with Crippen LogP contribution in [0.5, 0.6) is 0 Å². The molecular weight excluding hydrogens is 228 g/mol. The summed E-state index contributed by atoms with van der Waals surface area (Å²) in [6.45, 7) is 5.72. The average molecular weight is 252 g/mol. The molecule has 102 valence electrons. The maximum absolute atomic E-state index is 5.92. The topological polar surface area (TPSA) is 37.6 Å². The van der Waals surface area contributed by atoms with Gasteiger partial charge in [0.25, 0.3) is 0 Å². The fourth-order valence-electron chi connectivity index (χ4n) is 2.35. The van der Waals surface area contributed by atoms with Crippen LogP contribution in [0, 0.1) is 6.92 Å². The number of nitrogens with zero attached hydrogens (tertiary/aromatic N) is 1. The van der Waals surface area contributed by atoms with Crippen LogP contribution in [0.25, 0.3) is 0 Å². The van der Waals surface area contributed by atoms with E-state index in [9.17, 15) is 0 Å². The number of ether oxygens (including phenoxy) is 1. The van der Waals surface area contributed by atoms with Gasteiger partial charge in [0.05, 0.1) is 12.6 Å². The van der Waals surface area contributed by atoms with Gasteiger partial charge in [0.15, 0.2) is 0 Å². The third-order valence-corrected chi connectivity index (χ3v) is 3.54. The van der Waals surface area contributed by atoms with E-state index in [0.717, 1.165) is 44.0 Å². The molecule has 1 aromatic rings. The zero-order chi connectivity index (χ0) is 13.0. The SMILES string of the molecule is CNCc1oc(COC2CCN(C)CC2)cc1C. The van der Waals surface area contributed by atoms with Gasteiger partial charge in [-0.1, -0.05) is 0 Å². The van der Waals surface area contributed by atoms with E-state index < -0.39 is 0 Å². The quantitative estimate of drug-likeness (QED) is 0.869. The summed E-state index contributed by atoms with van der Waals surface area (Å²) in [5, 5.41) is 3.11. The van der Waals surface area contributed by atoms with Gasteiger partial charge in [-0.15, -0.1) is 0 Å². The minimum absolute atomic E-state index is 0.388. The summed E-state index contributed by atoms with van der Waals surface area (Å²) in [6, 6.07) is 2.08. The first-order chi connectivity index (χ1) is 8.69. The molecule has 0 aliphatic carbocycles. The lowest BCUT2D eigenvalue weighted by molar-refractivity contribution is -0.00511. The monoisotopic (exact) mass is 252 g/mol. The zero-order valence-electron chi connectivity index (χ0n) is 11.7. The molecule has 1 fully saturated rings. The Morgan fingerprint density at radius 3 is 2.83 bits per heavy atom. The van der Waals surface area contributed by atoms with Crippen LogP contribution < -0.4 is 5.32 Å². The van der Waals surface area contributed by atoms with Gasteiger partial charge in [-0.25, -0.2) is 0 Å². The van der Waals surface area contributed by atoms with Gasteiger partial charge in [0.2, 0.25) is 0 Å². The number of hydrogen-bond acceptors (Lipinski definition) is 4. The highest BCUT2D eigenvalue weighted by atomic mass is 16.5. The molecule has 0 unspecified atom stereocenters. The molecule has 0 radical (unpaired) electrons. The fourth-order valence-corrected chi connectivity index (χ4v) is 2.35. The first-order valence-electron chi connectivity index (χ1n) is 6.72. The normalized spacial score (nSPS) is 18.4. The van der Waals surface area contributed by atoms with Crippen LogP contribution in [0.3, 0.4) is 0 Å². The molecule has 1 aromatic heterocycles. The number of piperidine rings is 1. The molecule has 0 spiro atoms. The van der Waals surface area contributed by atoms with Crippen LogP contribution >= 0.6 is 0 Å². The van der Waals surface area contributed by atoms with Crippen molar-refractivity contribution in [2.45, 2.75) is 39.0 Å². The number of nitrogens with one attached hydrogen (secondary N) is 1. The predicted octanol–water partition coefficient (Wildman–Crippen LogP) is 1.92. The van der Waals surface area contributed by atoms with Crippen LogP contribution in [0.4, 0.5) is 0 Å². The van der Waals surface area contributed by atoms with Crippen LogP contribution in [0.1, 0.15) is 29.9 Å². The van der Waals surface area contributed by atoms with Crippen molar-refractivity contribution in [3.8, 4) is 0 Å². The lowest BCUT2D eigenvalue weighted by Gasteiger charge is -2.28. The van der Waals surface area contributed by atoms with Crippen molar-refractivity contribution in [2.75, 3.05) is 27.2 Å². The molecule has 1 saturated heterocycles. The van der Waals surface area contributed by atoms with Crippen molar-refractivity contribution >= 4 is 0 Å². The second-order valence-corrected chi connectivity index (χ2v) is 5.16. The van der Waals surface area contributed by atoms with E-state index >= 15 is 0 Å². The molecule has 0 atom stereocenters. The number of hydrogen-bond donors (Lipinski definition) is 1. The lowest BCUT2D eigenvalue weighted by Crippen LogP contribution is -2.34. The molecule has 0 amide bonds. The third-order valence-electron chi connectivity index (χ3n) is 3.54. The zero-order valence-corrected chi connectivity index (χ0v) is 11.7. The Morgan fingerprint density at radius 2 is 2.17 bits per heavy atom. The molecule has 0 aromatic carbocycles. The molecule has 18 heavy (non-hydrogen) atoms. The van der Waals surface area contributed by atoms with E-state index in [1.54, 1.807) is 0 Å². The summed E-state index contributed by atoms with van der Waals surface area (Å²) in [4.78, 5) is 2.35. The van der Waals surface area contributed by atoms with E-state index in [0.29, 0.717) is 12.7 Å². The van der Waals surface area contributed by atoms with Gasteiger partial charge in [0, 0.05) is 13.1 Å². The van der Waals surface area contributed by atoms with Crippen LogP contribution in [0.15, 0.2) is 10.5 Å². The van der Waals surface area contributed by atoms with Crippen molar-refractivity contribution < 1.29 is 9.15 Å². The molecular formula is C14H24N2O2. The smallest absolute Gasteiger partial charge is 0.130 e. The van der Waals surface area contributed by atoms with Crippen molar-refractivity contribution in [3.63, 3.8) is 0 Å². The Kier molecular flexibility index (Phi) is 4.80. The van der Waals surface area contributed by atoms with Crippen molar-refractivity contribution in [3.05, 3.63) is 23.2 Å². The van der Waals surface area contributed by atoms with Crippen molar-refractivity contribution in [2.24, 2.45) is 0 Å². The van der Waals surface area contributed by atoms with Crippen LogP contribution in [0.2, 0.25) is 0 Å². The highest BCUT2D eigenvalue weighted by Crippen LogP contribution is 2.18. The van der Waals surface area contributed by atoms with Crippen LogP contribution in [-0.2, 0) is 17.9 Å². The fraction of sp³-hybridized carbons (Fsp3) is 0.714. The molecule has 2 heterocycles. The first kappa shape index (κ1) is 13.6. The molecule has 4 nitrogen and oxygen atoms in total. The van der Waals surface area contributed by atoms with E-state index in [4.69, 9.17) is 9.15 Å². The molecule has 1 aliphatic rings. The van der Waals surface area contributed by atoms with Gasteiger partial charge < -0.3 is 19.4 Å². The summed E-state index contributed by atoms with van der Waals surface area (Å²) in [5.74, 6) is 1.95. The van der Waals surface area contributed by atoms with Crippen LogP contribution in [-0.4, -0.2) is 38.2 Å². The number of rotatable bonds is 5. The van der Waals surface area contributed by atoms with Crippen molar-refractivity contribution in [1.82, 2.24) is 10.2 Å². The standard InChI is InChI=1S/C14H24N2O2/c1-11-8-13(18-14(11)9-15-2)10-17-12-4-6-16(3)7-5-12/h8,12,15H,4-7,9-10H2,1-3H3. The Morgan fingerprint density at radius 1 is 1.44 bits per heavy atom. The Balaban J connectivity index is 1.81. The first-order valence-corrected chi connectivity index (χ1v) is 6.72. The number of likely N-dealkylation sites (tertiary alicyclic amines) is 1. The average Bonchev–Trinajstić information content (AvgIpc) is 2.70. The summed E-state index contributed by atoms with van der Waals surface area (Å²) in [5.41, 5.74) is 1.20. The summed E-state index contributed by atoms with van der Waals surface area (Å²) in [6.07, 6.45) is 2.64. The summed E-state index contributed by atoms with van der Waals surface area (Å²) in [7, 11) is 4.09. The molecule has 0 saturated carbocycles. The Hall–Kier alpha value is -0.840. The van der Waals surface area contributed by atoms with Gasteiger partial charge in [-0.3, -0.25) is 0 Å². The minimum atomic E-state index is 0.388. The predicted molar refractivity (Wildman–Crippen MR) is 71.5 cm³/mol. The summed E-state index contributed by atoms with van der Waals surface area (Å²) >= 11 is 0. The molecule has 1 N–H and O–H groups in total. The number of aryl methyl sites for hydroxylation is 1. The largest absolute Gasteiger partial charge is 0.462 e. The maximum atomic E-state index is 5.92. The van der Waals surface area contributed by atoms with Crippen molar-refractivity contribution in [1.29, 1.82) is 0 Å². The lowest BCUT2D eigenvalue weighted by atomic mass is 10.1. The second kappa shape index (κ2) is 6.36.